The van der Waals surface area contributed by atoms with E-state index >= 15 is 0 Å². The molecule has 4 heteroatoms. The van der Waals surface area contributed by atoms with Crippen LogP contribution in [0.25, 0.3) is 0 Å². The van der Waals surface area contributed by atoms with E-state index in [1.165, 1.54) is 0 Å². The van der Waals surface area contributed by atoms with Crippen molar-refractivity contribution in [2.75, 3.05) is 0 Å². The van der Waals surface area contributed by atoms with Crippen LogP contribution in [0.2, 0.25) is 13.1 Å². The molecule has 0 bridgehead atoms. The minimum atomic E-state index is -1.31. The van der Waals surface area contributed by atoms with Gasteiger partial charge in [0, 0.05) is 5.56 Å². The predicted octanol–water partition coefficient (Wildman–Crippen LogP) is 6.34. The average molecular weight is 465 g/mol. The van der Waals surface area contributed by atoms with Crippen molar-refractivity contribution in [2.24, 2.45) is 11.3 Å². The van der Waals surface area contributed by atoms with Crippen LogP contribution in [-0.4, -0.2) is 25.9 Å². The molecule has 0 spiro atoms. The molecule has 2 aromatic rings. The Labute approximate surface area is 202 Å². The summed E-state index contributed by atoms with van der Waals surface area (Å²) >= 11 is 0. The van der Waals surface area contributed by atoms with Crippen LogP contribution in [-0.2, 0) is 11.0 Å². The highest BCUT2D eigenvalue weighted by atomic mass is 28.3. The molecule has 0 aliphatic heterocycles. The molecule has 1 fully saturated rings. The third-order valence-electron chi connectivity index (χ3n) is 6.61. The second-order valence-corrected chi connectivity index (χ2v) is 13.0. The number of hydrogen-bond donors (Lipinski definition) is 1. The minimum absolute atomic E-state index is 0.213. The molecule has 3 unspecified atom stereocenters. The zero-order valence-corrected chi connectivity index (χ0v) is 22.1. The highest BCUT2D eigenvalue weighted by Gasteiger charge is 2.39. The van der Waals surface area contributed by atoms with E-state index in [9.17, 15) is 5.11 Å². The summed E-state index contributed by atoms with van der Waals surface area (Å²) in [7, 11) is -1.31. The van der Waals surface area contributed by atoms with Gasteiger partial charge < -0.3 is 14.3 Å². The van der Waals surface area contributed by atoms with Gasteiger partial charge in [0.25, 0.3) is 0 Å². The minimum Gasteiger partial charge on any atom is -0.489 e. The fourth-order valence-corrected chi connectivity index (χ4v) is 5.61. The van der Waals surface area contributed by atoms with Gasteiger partial charge in [-0.25, -0.2) is 0 Å². The fraction of sp³-hybridized carbons (Fsp3) is 0.517. The highest BCUT2D eigenvalue weighted by molar-refractivity contribution is 6.48. The van der Waals surface area contributed by atoms with Gasteiger partial charge in [0.2, 0.25) is 0 Å². The number of rotatable bonds is 5. The lowest BCUT2D eigenvalue weighted by Crippen LogP contribution is -2.46. The third-order valence-corrected chi connectivity index (χ3v) is 7.48. The Morgan fingerprint density at radius 1 is 1.00 bits per heavy atom. The molecule has 1 aliphatic rings. The number of aliphatic hydroxyl groups is 1. The molecule has 33 heavy (non-hydrogen) atoms. The van der Waals surface area contributed by atoms with Crippen molar-refractivity contribution in [3.8, 4) is 17.6 Å². The van der Waals surface area contributed by atoms with Gasteiger partial charge in [0.15, 0.2) is 9.04 Å². The van der Waals surface area contributed by atoms with Crippen LogP contribution in [0.15, 0.2) is 54.6 Å². The van der Waals surface area contributed by atoms with Crippen LogP contribution in [0.4, 0.5) is 0 Å². The molecule has 3 atom stereocenters. The van der Waals surface area contributed by atoms with Crippen molar-refractivity contribution < 1.29 is 14.3 Å². The van der Waals surface area contributed by atoms with Crippen LogP contribution >= 0.6 is 0 Å². The largest absolute Gasteiger partial charge is 0.489 e. The quantitative estimate of drug-likeness (QED) is 0.414. The van der Waals surface area contributed by atoms with Crippen molar-refractivity contribution in [3.05, 3.63) is 65.7 Å². The molecule has 0 aromatic heterocycles. The van der Waals surface area contributed by atoms with Crippen molar-refractivity contribution in [1.82, 2.24) is 0 Å². The molecular weight excluding hydrogens is 424 g/mol. The third kappa shape index (κ3) is 7.74. The molecule has 0 heterocycles. The number of ether oxygens (including phenoxy) is 1. The Balaban J connectivity index is 1.70. The van der Waals surface area contributed by atoms with E-state index in [2.05, 4.69) is 57.8 Å². The van der Waals surface area contributed by atoms with Crippen LogP contribution in [0.3, 0.4) is 0 Å². The summed E-state index contributed by atoms with van der Waals surface area (Å²) in [5.41, 5.74) is 1.21. The first kappa shape index (κ1) is 25.6. The normalized spacial score (nSPS) is 23.8. The van der Waals surface area contributed by atoms with E-state index in [1.807, 2.05) is 42.5 Å². The maximum atomic E-state index is 11.6. The Morgan fingerprint density at radius 2 is 1.70 bits per heavy atom. The summed E-state index contributed by atoms with van der Waals surface area (Å²) in [5, 5.41) is 11.6. The lowest BCUT2D eigenvalue weighted by atomic mass is 9.71. The zero-order valence-electron chi connectivity index (χ0n) is 20.9. The van der Waals surface area contributed by atoms with Crippen molar-refractivity contribution in [1.29, 1.82) is 0 Å². The van der Waals surface area contributed by atoms with Crippen LogP contribution in [0.1, 0.15) is 64.0 Å². The topological polar surface area (TPSA) is 38.7 Å². The van der Waals surface area contributed by atoms with E-state index in [-0.39, 0.29) is 11.5 Å². The van der Waals surface area contributed by atoms with Gasteiger partial charge >= 0.3 is 0 Å². The van der Waals surface area contributed by atoms with Crippen LogP contribution < -0.4 is 4.74 Å². The lowest BCUT2D eigenvalue weighted by Gasteiger charge is -2.40. The molecule has 3 nitrogen and oxygen atoms in total. The van der Waals surface area contributed by atoms with Gasteiger partial charge in [-0.1, -0.05) is 62.9 Å². The van der Waals surface area contributed by atoms with E-state index in [0.29, 0.717) is 18.9 Å². The first-order valence-corrected chi connectivity index (χ1v) is 15.1. The predicted molar refractivity (Wildman–Crippen MR) is 139 cm³/mol. The first-order valence-electron chi connectivity index (χ1n) is 12.3. The summed E-state index contributed by atoms with van der Waals surface area (Å²) in [6.07, 6.45) is 4.50. The monoisotopic (exact) mass is 464 g/mol. The molecular formula is C29H40O3Si. The molecule has 3 rings (SSSR count). The summed E-state index contributed by atoms with van der Waals surface area (Å²) in [4.78, 5) is 0. The summed E-state index contributed by atoms with van der Waals surface area (Å²) in [6.45, 7) is 11.9. The summed E-state index contributed by atoms with van der Waals surface area (Å²) in [6, 6.07) is 17.9. The number of benzene rings is 2. The second kappa shape index (κ2) is 11.4. The van der Waals surface area contributed by atoms with Crippen molar-refractivity contribution in [3.63, 3.8) is 0 Å². The summed E-state index contributed by atoms with van der Waals surface area (Å²) < 4.78 is 12.2. The molecule has 178 valence electrons. The van der Waals surface area contributed by atoms with E-state index < -0.39 is 14.6 Å². The smallest absolute Gasteiger partial charge is 0.171 e. The Bertz CT molecular complexity index is 921. The van der Waals surface area contributed by atoms with Gasteiger partial charge in [-0.15, -0.1) is 0 Å². The molecule has 2 aromatic carbocycles. The van der Waals surface area contributed by atoms with Gasteiger partial charge in [-0.2, -0.15) is 0 Å². The van der Waals surface area contributed by atoms with Crippen LogP contribution in [0.5, 0.6) is 5.75 Å². The standard InChI is InChI=1S/C29H40O3Si/c1-28(2,3)25-12-9-20-29(30,27(18-15-25)32-33(4)5)21-19-23-13-16-26(17-14-23)31-22-24-10-7-6-8-11-24/h6-8,10-11,13-14,16-17,25,27,30,33H,9,12,15,18,20,22H2,1-5H3. The maximum absolute atomic E-state index is 11.6. The lowest BCUT2D eigenvalue weighted by molar-refractivity contribution is -0.0432. The Kier molecular flexibility index (Phi) is 8.81. The fourth-order valence-electron chi connectivity index (χ4n) is 4.59. The van der Waals surface area contributed by atoms with E-state index in [1.54, 1.807) is 0 Å². The van der Waals surface area contributed by atoms with Gasteiger partial charge in [0.05, 0.1) is 6.10 Å². The van der Waals surface area contributed by atoms with Gasteiger partial charge in [0.1, 0.15) is 18.0 Å². The number of hydrogen-bond acceptors (Lipinski definition) is 3. The van der Waals surface area contributed by atoms with E-state index in [4.69, 9.17) is 9.16 Å². The van der Waals surface area contributed by atoms with Gasteiger partial charge in [-0.05, 0) is 86.4 Å². The van der Waals surface area contributed by atoms with Crippen LogP contribution in [0, 0.1) is 23.2 Å². The first-order chi connectivity index (χ1) is 15.7. The molecule has 1 aliphatic carbocycles. The van der Waals surface area contributed by atoms with E-state index in [0.717, 1.165) is 42.6 Å². The average Bonchev–Trinajstić information content (AvgIpc) is 2.77. The zero-order chi connectivity index (χ0) is 23.9. The van der Waals surface area contributed by atoms with Crippen molar-refractivity contribution >= 4 is 9.04 Å². The SMILES string of the molecule is C[SiH](C)OC1CCC(C(C)(C)C)CCCC1(O)C#Cc1ccc(OCc2ccccc2)cc1. The molecule has 0 amide bonds. The Hall–Kier alpha value is -2.06. The van der Waals surface area contributed by atoms with Crippen molar-refractivity contribution in [2.45, 2.75) is 84.3 Å². The highest BCUT2D eigenvalue weighted by Crippen LogP contribution is 2.39. The molecule has 1 saturated carbocycles. The van der Waals surface area contributed by atoms with Gasteiger partial charge in [-0.3, -0.25) is 0 Å². The maximum Gasteiger partial charge on any atom is 0.171 e. The second-order valence-electron chi connectivity index (χ2n) is 10.7. The molecule has 0 saturated heterocycles. The summed E-state index contributed by atoms with van der Waals surface area (Å²) in [5.74, 6) is 7.92. The Morgan fingerprint density at radius 3 is 2.33 bits per heavy atom. The molecule has 0 radical (unpaired) electrons. The molecule has 1 N–H and O–H groups in total.